The van der Waals surface area contributed by atoms with E-state index in [1.54, 1.807) is 62.7 Å². The normalized spacial score (nSPS) is 37.0. The van der Waals surface area contributed by atoms with Gasteiger partial charge in [0.2, 0.25) is 10.9 Å². The van der Waals surface area contributed by atoms with Gasteiger partial charge in [-0.25, -0.2) is 52.3 Å². The molecule has 9 aliphatic heterocycles. The minimum atomic E-state index is -0.266. The second kappa shape index (κ2) is 33.5. The van der Waals surface area contributed by atoms with E-state index in [9.17, 15) is 34.5 Å². The minimum Gasteiger partial charge on any atom is -0.604 e. The van der Waals surface area contributed by atoms with Crippen molar-refractivity contribution in [2.24, 2.45) is 5.92 Å². The van der Waals surface area contributed by atoms with Gasteiger partial charge in [0.1, 0.15) is 12.1 Å². The van der Waals surface area contributed by atoms with Crippen LogP contribution >= 0.6 is 24.3 Å². The van der Waals surface area contributed by atoms with Crippen LogP contribution in [0.4, 0.5) is 14.4 Å². The Labute approximate surface area is 482 Å². The minimum absolute atomic E-state index is 0.0370. The summed E-state index contributed by atoms with van der Waals surface area (Å²) in [5, 5.41) is 29.9. The fraction of sp³-hybridized carbons (Fsp3) is 0.878. The highest BCUT2D eigenvalue weighted by atomic mass is 32.2. The lowest BCUT2D eigenvalue weighted by Gasteiger charge is -2.21. The summed E-state index contributed by atoms with van der Waals surface area (Å²) in [5.41, 5.74) is 14.0. The molecule has 79 heavy (non-hydrogen) atoms. The standard InChI is InChI=1S/2C7H14N2O.2C6H12N2O.C6H14N2S.C5H12N2S.C4H9N3O2.C4H10N3O.C4H10N2O/c1-5-6(2)9(4)7(10)8(5)3;1-5-6(2)8(3)9(4)7(5)10;2*1-4-5(2)8(3)6(9)7-4;1-5-6(2)8(4)9-7(5)3;1-4-5(2)7(3)8-6-4;1-3-4(2)7(9)5-6(3)8;1-3-4(2)6-7(8)5-3;1-3-4(2)6-7-5-3/h2*5-6H,1-4H3;2*4-5H,1-3H3,(H,7,9);5-6H,1-4H3;4-6H,1-3H3;5-7H,1-2H3;3-4H,1-2H3,(H2,5,6,8);3-6H,1-2H3/q;;;;;;;+1;. The molecule has 9 rings (SSSR count). The number of nitroso groups, excluding NO2 is 1. The molecule has 28 nitrogen and oxygen atoms in total. The number of hydrogen-bond donors (Lipinski definition) is 10. The lowest BCUT2D eigenvalue weighted by Crippen LogP contribution is -3.29. The van der Waals surface area contributed by atoms with Crippen molar-refractivity contribution >= 4 is 48.3 Å². The molecule has 0 aromatic rings. The van der Waals surface area contributed by atoms with Gasteiger partial charge in [-0.05, 0) is 131 Å². The Morgan fingerprint density at radius 2 is 0.861 bits per heavy atom. The molecule has 0 aromatic carbocycles. The van der Waals surface area contributed by atoms with Gasteiger partial charge in [0.25, 0.3) is 0 Å². The molecule has 462 valence electrons. The third kappa shape index (κ3) is 21.3. The summed E-state index contributed by atoms with van der Waals surface area (Å²) in [6.45, 7) is 36.4. The Morgan fingerprint density at radius 1 is 0.481 bits per heavy atom. The summed E-state index contributed by atoms with van der Waals surface area (Å²) in [5.74, 6) is 0.366. The van der Waals surface area contributed by atoms with Gasteiger partial charge in [-0.15, -0.1) is 10.9 Å². The van der Waals surface area contributed by atoms with E-state index in [0.29, 0.717) is 94.9 Å². The van der Waals surface area contributed by atoms with Gasteiger partial charge >= 0.3 is 18.1 Å². The van der Waals surface area contributed by atoms with Gasteiger partial charge in [0.15, 0.2) is 11.4 Å². The maximum Gasteiger partial charge on any atom is 0.320 e. The van der Waals surface area contributed by atoms with Crippen molar-refractivity contribution in [2.75, 3.05) is 63.4 Å². The Balaban J connectivity index is 0.000000445. The molecule has 8 fully saturated rings. The molecule has 0 aliphatic carbocycles. The average molecular weight is 1170 g/mol. The van der Waals surface area contributed by atoms with Crippen LogP contribution < -0.4 is 53.0 Å². The lowest BCUT2D eigenvalue weighted by atomic mass is 10.1. The predicted octanol–water partition coefficient (Wildman–Crippen LogP) is 0.797. The molecule has 9 aliphatic rings. The summed E-state index contributed by atoms with van der Waals surface area (Å²) in [6.07, 6.45) is 0. The van der Waals surface area contributed by atoms with E-state index < -0.39 is 0 Å². The zero-order chi connectivity index (χ0) is 61.4. The van der Waals surface area contributed by atoms with Crippen LogP contribution in [0.2, 0.25) is 0 Å². The number of nitrogens with one attached hydrogen (secondary N) is 10. The number of hydrazine groups is 3. The summed E-state index contributed by atoms with van der Waals surface area (Å²) < 4.78 is 10.1. The molecule has 9 heterocycles. The van der Waals surface area contributed by atoms with E-state index in [2.05, 4.69) is 144 Å². The highest BCUT2D eigenvalue weighted by molar-refractivity contribution is 7.95. The van der Waals surface area contributed by atoms with Crippen LogP contribution in [-0.2, 0) is 9.73 Å². The van der Waals surface area contributed by atoms with E-state index in [0.717, 1.165) is 0 Å². The second-order valence-electron chi connectivity index (χ2n) is 22.1. The first-order chi connectivity index (χ1) is 36.3. The van der Waals surface area contributed by atoms with Gasteiger partial charge in [-0.1, -0.05) is 6.92 Å². The predicted molar refractivity (Wildman–Crippen MR) is 314 cm³/mol. The molecule has 18 atom stereocenters. The maximum atomic E-state index is 11.2. The molecule has 8 saturated heterocycles. The van der Waals surface area contributed by atoms with Crippen molar-refractivity contribution < 1.29 is 39.4 Å². The summed E-state index contributed by atoms with van der Waals surface area (Å²) in [4.78, 5) is 66.6. The molecular weight excluding hydrogens is 1060 g/mol. The number of urea groups is 3. The lowest BCUT2D eigenvalue weighted by molar-refractivity contribution is -1.05. The van der Waals surface area contributed by atoms with Gasteiger partial charge < -0.3 is 40.6 Å². The first-order valence-electron chi connectivity index (χ1n) is 27.4. The van der Waals surface area contributed by atoms with Gasteiger partial charge in [-0.3, -0.25) is 9.80 Å². The first kappa shape index (κ1) is 73.4. The number of quaternary nitrogens is 2. The largest absolute Gasteiger partial charge is 0.604 e. The van der Waals surface area contributed by atoms with Crippen molar-refractivity contribution in [3.05, 3.63) is 26.7 Å². The molecule has 18 unspecified atom stereocenters. The average Bonchev–Trinajstić information content (AvgIpc) is 4.27. The molecule has 0 bridgehead atoms. The van der Waals surface area contributed by atoms with Crippen molar-refractivity contribution in [1.29, 1.82) is 0 Å². The number of hydrogen-bond acceptors (Lipinski definition) is 18. The summed E-state index contributed by atoms with van der Waals surface area (Å²) in [7, 11) is 17.4. The molecule has 0 saturated carbocycles. The van der Waals surface area contributed by atoms with E-state index in [-0.39, 0.29) is 52.3 Å². The Hall–Kier alpha value is -3.60. The van der Waals surface area contributed by atoms with E-state index >= 15 is 0 Å². The highest BCUT2D eigenvalue weighted by Crippen LogP contribution is 2.29. The third-order valence-corrected chi connectivity index (χ3v) is 19.2. The number of nitrogens with zero attached hydrogens (tertiary/aromatic N) is 10. The molecule has 0 radical (unpaired) electrons. The number of rotatable bonds is 0. The number of hydroxylamine groups is 4. The maximum absolute atomic E-state index is 11.2. The number of amides is 7. The van der Waals surface area contributed by atoms with Crippen molar-refractivity contribution in [1.82, 2.24) is 85.2 Å². The van der Waals surface area contributed by atoms with Crippen LogP contribution in [0.15, 0.2) is 11.4 Å². The highest BCUT2D eigenvalue weighted by Gasteiger charge is 2.38. The molecule has 30 heteroatoms. The van der Waals surface area contributed by atoms with Crippen LogP contribution in [0.5, 0.6) is 0 Å². The van der Waals surface area contributed by atoms with Crippen molar-refractivity contribution in [3.8, 4) is 0 Å². The quantitative estimate of drug-likeness (QED) is 0.0913. The number of carbonyl (C=O) groups is 4. The van der Waals surface area contributed by atoms with E-state index in [1.807, 2.05) is 95.8 Å². The summed E-state index contributed by atoms with van der Waals surface area (Å²) in [6, 6.07) is 6.49. The summed E-state index contributed by atoms with van der Waals surface area (Å²) >= 11 is 3.50. The van der Waals surface area contributed by atoms with Crippen LogP contribution in [-0.4, -0.2) is 226 Å². The van der Waals surface area contributed by atoms with Gasteiger partial charge in [0, 0.05) is 135 Å². The fourth-order valence-corrected chi connectivity index (χ4v) is 9.62. The fourth-order valence-electron chi connectivity index (χ4n) is 7.68. The number of carbonyl (C=O) groups excluding carboxylic acids is 4. The number of likely N-dealkylation sites (N-methyl/N-ethyl adjacent to an activating group) is 7. The van der Waals surface area contributed by atoms with Gasteiger partial charge in [0.05, 0.1) is 35.0 Å². The first-order valence-corrected chi connectivity index (χ1v) is 28.9. The van der Waals surface area contributed by atoms with Crippen LogP contribution in [0, 0.1) is 21.2 Å². The Morgan fingerprint density at radius 3 is 0.962 bits per heavy atom. The third-order valence-electron chi connectivity index (χ3n) is 16.9. The van der Waals surface area contributed by atoms with Crippen molar-refractivity contribution in [2.45, 2.75) is 215 Å². The molecule has 0 spiro atoms. The second-order valence-corrected chi connectivity index (χ2v) is 24.5. The van der Waals surface area contributed by atoms with Gasteiger partial charge in [-0.2, -0.15) is 11.0 Å². The Kier molecular flexibility index (Phi) is 31.1. The zero-order valence-corrected chi connectivity index (χ0v) is 54.4. The molecule has 10 N–H and O–H groups in total. The SMILES string of the molecule is CC1=C(C)[NH+]([O-])N[NH+]1[O-].CC1C(=O)N(C)N(C)C1C.CC1C(C)N(C)C(=O)N1C.CC1C(C)N(C)SN1C.CC1NC(=O)N(C)C1C.CC1NC(=O)N(C)C1C.CC1NONC1C.CC1NSN(C)C1C.CC1N[N+](=O)NC1C. The molecule has 7 amide bonds. The topological polar surface area (TPSA) is 278 Å². The van der Waals surface area contributed by atoms with Crippen LogP contribution in [0.25, 0.3) is 0 Å². The van der Waals surface area contributed by atoms with Crippen molar-refractivity contribution in [3.63, 3.8) is 0 Å². The molecule has 0 aromatic heterocycles. The monoisotopic (exact) mass is 1170 g/mol. The van der Waals surface area contributed by atoms with Crippen LogP contribution in [0.1, 0.15) is 125 Å². The number of allylic oxidation sites excluding steroid dienone is 2. The van der Waals surface area contributed by atoms with Crippen LogP contribution in [0.3, 0.4) is 0 Å². The van der Waals surface area contributed by atoms with E-state index in [4.69, 9.17) is 0 Å². The smallest absolute Gasteiger partial charge is 0.320 e. The van der Waals surface area contributed by atoms with E-state index in [1.165, 1.54) is 0 Å². The molecular formula is C49H107N20O8S2+. The Bertz CT molecular complexity index is 1800. The zero-order valence-electron chi connectivity index (χ0n) is 52.8.